The minimum absolute atomic E-state index is 0.258. The van der Waals surface area contributed by atoms with Gasteiger partial charge in [0, 0.05) is 10.0 Å². The van der Waals surface area contributed by atoms with Gasteiger partial charge in [0.1, 0.15) is 0 Å². The van der Waals surface area contributed by atoms with E-state index in [-0.39, 0.29) is 5.91 Å². The first-order chi connectivity index (χ1) is 9.51. The Labute approximate surface area is 125 Å². The van der Waals surface area contributed by atoms with Crippen LogP contribution < -0.4 is 11.1 Å². The van der Waals surface area contributed by atoms with E-state index >= 15 is 0 Å². The number of hydrogen-bond donors (Lipinski definition) is 2. The van der Waals surface area contributed by atoms with E-state index in [2.05, 4.69) is 21.2 Å². The van der Waals surface area contributed by atoms with Gasteiger partial charge < -0.3 is 11.1 Å². The van der Waals surface area contributed by atoms with Gasteiger partial charge in [0.05, 0.1) is 23.0 Å². The maximum atomic E-state index is 12.1. The monoisotopic (exact) mass is 329 g/mol. The minimum Gasteiger partial charge on any atom is -0.397 e. The Hall–Kier alpha value is -2.32. The highest BCUT2D eigenvalue weighted by atomic mass is 79.9. The lowest BCUT2D eigenvalue weighted by Gasteiger charge is -2.12. The average Bonchev–Trinajstić information content (AvgIpc) is 2.42. The molecule has 1 amide bonds. The van der Waals surface area contributed by atoms with E-state index in [0.29, 0.717) is 22.5 Å². The molecule has 3 N–H and O–H groups in total. The highest BCUT2D eigenvalue weighted by molar-refractivity contribution is 9.10. The number of benzene rings is 2. The van der Waals surface area contributed by atoms with E-state index in [9.17, 15) is 4.79 Å². The van der Waals surface area contributed by atoms with Crippen LogP contribution in [-0.4, -0.2) is 5.91 Å². The van der Waals surface area contributed by atoms with Crippen molar-refractivity contribution in [2.75, 3.05) is 11.1 Å². The molecule has 0 unspecified atom stereocenters. The molecule has 0 aliphatic rings. The van der Waals surface area contributed by atoms with E-state index in [1.807, 2.05) is 19.1 Å². The summed E-state index contributed by atoms with van der Waals surface area (Å²) in [4.78, 5) is 12.1. The Kier molecular flexibility index (Phi) is 4.06. The molecule has 0 saturated heterocycles. The van der Waals surface area contributed by atoms with Crippen molar-refractivity contribution in [3.05, 3.63) is 57.6 Å². The fraction of sp³-hybridized carbons (Fsp3) is 0.0667. The van der Waals surface area contributed by atoms with Gasteiger partial charge in [-0.1, -0.05) is 15.9 Å². The summed E-state index contributed by atoms with van der Waals surface area (Å²) in [7, 11) is 0. The Morgan fingerprint density at radius 3 is 2.50 bits per heavy atom. The highest BCUT2D eigenvalue weighted by Crippen LogP contribution is 2.28. The Balaban J connectivity index is 2.26. The third-order valence-electron chi connectivity index (χ3n) is 2.85. The summed E-state index contributed by atoms with van der Waals surface area (Å²) in [5, 5.41) is 11.5. The number of aryl methyl sites for hydroxylation is 1. The Bertz CT molecular complexity index is 679. The van der Waals surface area contributed by atoms with Crippen molar-refractivity contribution < 1.29 is 4.79 Å². The number of nitrogens with one attached hydrogen (secondary N) is 1. The molecule has 20 heavy (non-hydrogen) atoms. The van der Waals surface area contributed by atoms with Crippen LogP contribution in [-0.2, 0) is 0 Å². The minimum atomic E-state index is -0.258. The number of nitrogen functional groups attached to an aromatic ring is 1. The topological polar surface area (TPSA) is 78.9 Å². The lowest BCUT2D eigenvalue weighted by molar-refractivity contribution is 0.102. The molecule has 0 spiro atoms. The van der Waals surface area contributed by atoms with Crippen LogP contribution in [0.5, 0.6) is 0 Å². The Morgan fingerprint density at radius 2 is 1.95 bits per heavy atom. The van der Waals surface area contributed by atoms with Gasteiger partial charge in [-0.2, -0.15) is 5.26 Å². The van der Waals surface area contributed by atoms with Crippen molar-refractivity contribution in [3.8, 4) is 6.07 Å². The second kappa shape index (κ2) is 5.76. The number of halogens is 1. The predicted molar refractivity (Wildman–Crippen MR) is 82.4 cm³/mol. The van der Waals surface area contributed by atoms with Crippen LogP contribution in [0, 0.1) is 18.3 Å². The third-order valence-corrected chi connectivity index (χ3v) is 3.30. The van der Waals surface area contributed by atoms with Crippen LogP contribution in [0.4, 0.5) is 11.4 Å². The number of carbonyl (C=O) groups is 1. The van der Waals surface area contributed by atoms with Gasteiger partial charge in [-0.3, -0.25) is 4.79 Å². The first kappa shape index (κ1) is 14.1. The van der Waals surface area contributed by atoms with Gasteiger partial charge in [0.25, 0.3) is 5.91 Å². The molecule has 100 valence electrons. The molecule has 0 atom stereocenters. The number of nitriles is 1. The smallest absolute Gasteiger partial charge is 0.255 e. The molecular weight excluding hydrogens is 318 g/mol. The van der Waals surface area contributed by atoms with Gasteiger partial charge >= 0.3 is 0 Å². The normalized spacial score (nSPS) is 9.85. The molecule has 0 aliphatic carbocycles. The van der Waals surface area contributed by atoms with Crippen LogP contribution >= 0.6 is 15.9 Å². The van der Waals surface area contributed by atoms with Crippen molar-refractivity contribution in [1.82, 2.24) is 0 Å². The maximum Gasteiger partial charge on any atom is 0.255 e. The second-order valence-electron chi connectivity index (χ2n) is 4.33. The van der Waals surface area contributed by atoms with Crippen LogP contribution in [0.2, 0.25) is 0 Å². The van der Waals surface area contributed by atoms with E-state index in [1.165, 1.54) is 0 Å². The van der Waals surface area contributed by atoms with Crippen LogP contribution in [0.1, 0.15) is 21.5 Å². The summed E-state index contributed by atoms with van der Waals surface area (Å²) in [6, 6.07) is 12.1. The van der Waals surface area contributed by atoms with Gasteiger partial charge in [0.15, 0.2) is 0 Å². The SMILES string of the molecule is Cc1cc(Br)cc(N)c1NC(=O)c1ccc(C#N)cc1. The molecule has 2 rings (SSSR count). The van der Waals surface area contributed by atoms with Gasteiger partial charge in [0.2, 0.25) is 0 Å². The van der Waals surface area contributed by atoms with Crippen molar-refractivity contribution >= 4 is 33.2 Å². The van der Waals surface area contributed by atoms with Gasteiger partial charge in [-0.25, -0.2) is 0 Å². The number of amides is 1. The van der Waals surface area contributed by atoms with E-state index < -0.39 is 0 Å². The number of carbonyl (C=O) groups excluding carboxylic acids is 1. The zero-order valence-corrected chi connectivity index (χ0v) is 12.4. The molecule has 0 fully saturated rings. The largest absolute Gasteiger partial charge is 0.397 e. The molecule has 5 heteroatoms. The number of hydrogen-bond acceptors (Lipinski definition) is 3. The molecule has 0 radical (unpaired) electrons. The first-order valence-electron chi connectivity index (χ1n) is 5.88. The summed E-state index contributed by atoms with van der Waals surface area (Å²) < 4.78 is 0.865. The van der Waals surface area contributed by atoms with E-state index in [0.717, 1.165) is 10.0 Å². The number of rotatable bonds is 2. The Morgan fingerprint density at radius 1 is 1.30 bits per heavy atom. The summed E-state index contributed by atoms with van der Waals surface area (Å²) in [5.41, 5.74) is 8.87. The summed E-state index contributed by atoms with van der Waals surface area (Å²) in [6.45, 7) is 1.87. The fourth-order valence-corrected chi connectivity index (χ4v) is 2.41. The molecule has 0 saturated carbocycles. The molecule has 2 aromatic rings. The van der Waals surface area contributed by atoms with Gasteiger partial charge in [-0.15, -0.1) is 0 Å². The van der Waals surface area contributed by atoms with Crippen molar-refractivity contribution in [2.24, 2.45) is 0 Å². The van der Waals surface area contributed by atoms with Gasteiger partial charge in [-0.05, 0) is 48.9 Å². The fourth-order valence-electron chi connectivity index (χ4n) is 1.82. The second-order valence-corrected chi connectivity index (χ2v) is 5.25. The summed E-state index contributed by atoms with van der Waals surface area (Å²) >= 11 is 3.35. The van der Waals surface area contributed by atoms with E-state index in [4.69, 9.17) is 11.0 Å². The average molecular weight is 330 g/mol. The lowest BCUT2D eigenvalue weighted by Crippen LogP contribution is -2.14. The molecule has 0 aromatic heterocycles. The van der Waals surface area contributed by atoms with Crippen molar-refractivity contribution in [2.45, 2.75) is 6.92 Å². The van der Waals surface area contributed by atoms with Crippen molar-refractivity contribution in [3.63, 3.8) is 0 Å². The van der Waals surface area contributed by atoms with Crippen LogP contribution in [0.3, 0.4) is 0 Å². The molecular formula is C15H12BrN3O. The zero-order valence-electron chi connectivity index (χ0n) is 10.8. The zero-order chi connectivity index (χ0) is 14.7. The predicted octanol–water partition coefficient (Wildman–Crippen LogP) is 3.46. The van der Waals surface area contributed by atoms with Crippen LogP contribution in [0.15, 0.2) is 40.9 Å². The number of nitrogens with zero attached hydrogens (tertiary/aromatic N) is 1. The lowest BCUT2D eigenvalue weighted by atomic mass is 10.1. The van der Waals surface area contributed by atoms with Crippen molar-refractivity contribution in [1.29, 1.82) is 5.26 Å². The molecule has 0 heterocycles. The maximum absolute atomic E-state index is 12.1. The number of anilines is 2. The highest BCUT2D eigenvalue weighted by Gasteiger charge is 2.11. The molecule has 4 nitrogen and oxygen atoms in total. The molecule has 2 aromatic carbocycles. The number of nitrogens with two attached hydrogens (primary N) is 1. The summed E-state index contributed by atoms with van der Waals surface area (Å²) in [5.74, 6) is -0.258. The van der Waals surface area contributed by atoms with Crippen LogP contribution in [0.25, 0.3) is 0 Å². The quantitative estimate of drug-likeness (QED) is 0.828. The first-order valence-corrected chi connectivity index (χ1v) is 6.67. The molecule has 0 aliphatic heterocycles. The summed E-state index contributed by atoms with van der Waals surface area (Å²) in [6.07, 6.45) is 0. The standard InChI is InChI=1S/C15H12BrN3O/c1-9-6-12(16)7-13(18)14(9)19-15(20)11-4-2-10(8-17)3-5-11/h2-7H,18H2,1H3,(H,19,20). The van der Waals surface area contributed by atoms with E-state index in [1.54, 1.807) is 30.3 Å². The molecule has 0 bridgehead atoms. The third kappa shape index (κ3) is 2.98.